The molecule has 1 fully saturated rings. The summed E-state index contributed by atoms with van der Waals surface area (Å²) in [5, 5.41) is 9.80. The zero-order valence-electron chi connectivity index (χ0n) is 9.70. The molecule has 1 aromatic heterocycles. The van der Waals surface area contributed by atoms with E-state index in [4.69, 9.17) is 0 Å². The number of fused-ring (bicyclic) bond motifs is 1. The molecule has 0 unspecified atom stereocenters. The van der Waals surface area contributed by atoms with Crippen molar-refractivity contribution in [1.82, 2.24) is 20.6 Å². The van der Waals surface area contributed by atoms with Crippen molar-refractivity contribution >= 4 is 16.9 Å². The highest BCUT2D eigenvalue weighted by molar-refractivity contribution is 5.76. The smallest absolute Gasteiger partial charge is 0.147 e. The van der Waals surface area contributed by atoms with Gasteiger partial charge in [-0.15, -0.1) is 0 Å². The summed E-state index contributed by atoms with van der Waals surface area (Å²) in [5.41, 5.74) is 3.05. The fraction of sp³-hybridized carbons (Fsp3) is 0.333. The number of benzene rings is 1. The predicted molar refractivity (Wildman–Crippen MR) is 67.7 cm³/mol. The minimum atomic E-state index is 0.0900. The van der Waals surface area contributed by atoms with Crippen molar-refractivity contribution in [3.63, 3.8) is 0 Å². The van der Waals surface area contributed by atoms with Gasteiger partial charge in [-0.3, -0.25) is 15.6 Å². The second kappa shape index (κ2) is 4.27. The molecule has 5 nitrogen and oxygen atoms in total. The Bertz CT molecular complexity index is 533. The molecule has 1 saturated heterocycles. The third-order valence-electron chi connectivity index (χ3n) is 2.81. The van der Waals surface area contributed by atoms with Crippen LogP contribution < -0.4 is 16.0 Å². The minimum absolute atomic E-state index is 0.0900. The van der Waals surface area contributed by atoms with Crippen LogP contribution in [0.15, 0.2) is 24.4 Å². The number of anilines is 1. The molecule has 0 spiro atoms. The molecule has 88 valence electrons. The van der Waals surface area contributed by atoms with Gasteiger partial charge in [0.15, 0.2) is 0 Å². The molecule has 5 heteroatoms. The number of nitrogens with zero attached hydrogens (tertiary/aromatic N) is 2. The van der Waals surface area contributed by atoms with Crippen LogP contribution in [0.4, 0.5) is 5.82 Å². The SMILES string of the molecule is Cc1ccc2nc(NC3NCCN3)cnc2c1. The maximum absolute atomic E-state index is 4.53. The number of aromatic nitrogens is 2. The first-order chi connectivity index (χ1) is 8.31. The van der Waals surface area contributed by atoms with Crippen LogP contribution in [0.5, 0.6) is 0 Å². The van der Waals surface area contributed by atoms with Crippen molar-refractivity contribution < 1.29 is 0 Å². The number of hydrogen-bond donors (Lipinski definition) is 3. The summed E-state index contributed by atoms with van der Waals surface area (Å²) in [5.74, 6) is 0.785. The van der Waals surface area contributed by atoms with E-state index in [2.05, 4.69) is 32.8 Å². The van der Waals surface area contributed by atoms with Crippen LogP contribution in [0.1, 0.15) is 5.56 Å². The molecular weight excluding hydrogens is 214 g/mol. The van der Waals surface area contributed by atoms with Gasteiger partial charge in [-0.1, -0.05) is 6.07 Å². The molecular formula is C12H15N5. The van der Waals surface area contributed by atoms with Crippen molar-refractivity contribution in [2.45, 2.75) is 13.2 Å². The Morgan fingerprint density at radius 2 is 2.06 bits per heavy atom. The second-order valence-corrected chi connectivity index (χ2v) is 4.23. The van der Waals surface area contributed by atoms with E-state index in [1.807, 2.05) is 18.2 Å². The average molecular weight is 229 g/mol. The van der Waals surface area contributed by atoms with Crippen LogP contribution in [-0.4, -0.2) is 29.3 Å². The number of nitrogens with one attached hydrogen (secondary N) is 3. The van der Waals surface area contributed by atoms with E-state index in [0.717, 1.165) is 29.9 Å². The summed E-state index contributed by atoms with van der Waals surface area (Å²) in [6, 6.07) is 6.09. The lowest BCUT2D eigenvalue weighted by Gasteiger charge is -2.13. The van der Waals surface area contributed by atoms with Crippen molar-refractivity contribution in [2.75, 3.05) is 18.4 Å². The van der Waals surface area contributed by atoms with E-state index in [0.29, 0.717) is 0 Å². The summed E-state index contributed by atoms with van der Waals surface area (Å²) in [4.78, 5) is 8.93. The Labute approximate surface area is 99.7 Å². The molecule has 1 aliphatic rings. The molecule has 0 bridgehead atoms. The quantitative estimate of drug-likeness (QED) is 0.712. The summed E-state index contributed by atoms with van der Waals surface area (Å²) < 4.78 is 0. The van der Waals surface area contributed by atoms with Gasteiger partial charge < -0.3 is 5.32 Å². The van der Waals surface area contributed by atoms with Gasteiger partial charge >= 0.3 is 0 Å². The van der Waals surface area contributed by atoms with Gasteiger partial charge in [0.25, 0.3) is 0 Å². The molecule has 17 heavy (non-hydrogen) atoms. The summed E-state index contributed by atoms with van der Waals surface area (Å²) >= 11 is 0. The number of hydrogen-bond acceptors (Lipinski definition) is 5. The second-order valence-electron chi connectivity index (χ2n) is 4.23. The Balaban J connectivity index is 1.88. The van der Waals surface area contributed by atoms with Gasteiger partial charge in [-0.2, -0.15) is 0 Å². The van der Waals surface area contributed by atoms with E-state index in [9.17, 15) is 0 Å². The molecule has 1 aliphatic heterocycles. The van der Waals surface area contributed by atoms with E-state index in [-0.39, 0.29) is 6.29 Å². The fourth-order valence-corrected chi connectivity index (χ4v) is 1.95. The summed E-state index contributed by atoms with van der Waals surface area (Å²) in [7, 11) is 0. The molecule has 0 radical (unpaired) electrons. The molecule has 3 N–H and O–H groups in total. The molecule has 0 atom stereocenters. The van der Waals surface area contributed by atoms with E-state index < -0.39 is 0 Å². The average Bonchev–Trinajstić information content (AvgIpc) is 2.82. The Hall–Kier alpha value is -1.72. The number of rotatable bonds is 2. The molecule has 2 heterocycles. The van der Waals surface area contributed by atoms with Gasteiger partial charge in [0.05, 0.1) is 17.2 Å². The maximum Gasteiger partial charge on any atom is 0.147 e. The first-order valence-corrected chi connectivity index (χ1v) is 5.78. The number of aryl methyl sites for hydroxylation is 1. The standard InChI is InChI=1S/C12H15N5/c1-8-2-3-9-10(6-8)15-7-11(16-9)17-12-13-4-5-14-12/h2-3,6-7,12-14H,4-5H2,1H3,(H,16,17). The van der Waals surface area contributed by atoms with Crippen LogP contribution in [0.25, 0.3) is 11.0 Å². The molecule has 0 amide bonds. The van der Waals surface area contributed by atoms with Crippen molar-refractivity contribution in [3.8, 4) is 0 Å². The highest BCUT2D eigenvalue weighted by Crippen LogP contribution is 2.13. The Morgan fingerprint density at radius 1 is 1.24 bits per heavy atom. The summed E-state index contributed by atoms with van der Waals surface area (Å²) in [6.45, 7) is 4.00. The van der Waals surface area contributed by atoms with Crippen LogP contribution in [0.2, 0.25) is 0 Å². The van der Waals surface area contributed by atoms with Crippen LogP contribution in [0.3, 0.4) is 0 Å². The monoisotopic (exact) mass is 229 g/mol. The highest BCUT2D eigenvalue weighted by Gasteiger charge is 2.12. The maximum atomic E-state index is 4.53. The lowest BCUT2D eigenvalue weighted by atomic mass is 10.2. The summed E-state index contributed by atoms with van der Waals surface area (Å²) in [6.07, 6.45) is 1.86. The van der Waals surface area contributed by atoms with Crippen LogP contribution in [0, 0.1) is 6.92 Å². The normalized spacial score (nSPS) is 16.5. The largest absolute Gasteiger partial charge is 0.341 e. The predicted octanol–water partition coefficient (Wildman–Crippen LogP) is 0.827. The van der Waals surface area contributed by atoms with E-state index >= 15 is 0 Å². The van der Waals surface area contributed by atoms with E-state index in [1.54, 1.807) is 6.20 Å². The Morgan fingerprint density at radius 3 is 2.88 bits per heavy atom. The molecule has 2 aromatic rings. The van der Waals surface area contributed by atoms with Crippen molar-refractivity contribution in [2.24, 2.45) is 0 Å². The zero-order valence-corrected chi connectivity index (χ0v) is 9.70. The highest BCUT2D eigenvalue weighted by atomic mass is 15.3. The van der Waals surface area contributed by atoms with Gasteiger partial charge in [0, 0.05) is 13.1 Å². The molecule has 0 aliphatic carbocycles. The minimum Gasteiger partial charge on any atom is -0.341 e. The first-order valence-electron chi connectivity index (χ1n) is 5.78. The molecule has 1 aromatic carbocycles. The molecule has 0 saturated carbocycles. The lowest BCUT2D eigenvalue weighted by molar-refractivity contribution is 0.618. The van der Waals surface area contributed by atoms with Crippen LogP contribution in [-0.2, 0) is 0 Å². The van der Waals surface area contributed by atoms with Gasteiger partial charge in [0.1, 0.15) is 12.1 Å². The van der Waals surface area contributed by atoms with Gasteiger partial charge in [0.2, 0.25) is 0 Å². The Kier molecular flexibility index (Phi) is 2.62. The zero-order chi connectivity index (χ0) is 11.7. The molecule has 3 rings (SSSR count). The fourth-order valence-electron chi connectivity index (χ4n) is 1.95. The third kappa shape index (κ3) is 2.20. The van der Waals surface area contributed by atoms with Gasteiger partial charge in [-0.05, 0) is 24.6 Å². The van der Waals surface area contributed by atoms with Crippen LogP contribution >= 0.6 is 0 Å². The topological polar surface area (TPSA) is 61.9 Å². The first kappa shape index (κ1) is 10.4. The lowest BCUT2D eigenvalue weighted by Crippen LogP contribution is -2.39. The van der Waals surface area contributed by atoms with E-state index in [1.165, 1.54) is 5.56 Å². The van der Waals surface area contributed by atoms with Crippen molar-refractivity contribution in [1.29, 1.82) is 0 Å². The van der Waals surface area contributed by atoms with Gasteiger partial charge in [-0.25, -0.2) is 4.98 Å². The van der Waals surface area contributed by atoms with Crippen molar-refractivity contribution in [3.05, 3.63) is 30.0 Å². The third-order valence-corrected chi connectivity index (χ3v) is 2.81.